The predicted octanol–water partition coefficient (Wildman–Crippen LogP) is 0.559. The second-order valence-electron chi connectivity index (χ2n) is 2.81. The number of nitrogens with one attached hydrogen (secondary N) is 2. The van der Waals surface area contributed by atoms with Crippen LogP contribution in [0.5, 0.6) is 0 Å². The summed E-state index contributed by atoms with van der Waals surface area (Å²) in [6.45, 7) is 4.01. The summed E-state index contributed by atoms with van der Waals surface area (Å²) in [6.07, 6.45) is 1.89. The van der Waals surface area contributed by atoms with Gasteiger partial charge in [-0.25, -0.2) is 4.79 Å². The van der Waals surface area contributed by atoms with E-state index >= 15 is 0 Å². The lowest BCUT2D eigenvalue weighted by molar-refractivity contribution is -0.138. The average molecular weight is 188 g/mol. The zero-order valence-electron chi connectivity index (χ0n) is 7.96. The molecule has 0 bridgehead atoms. The number of aliphatic carboxylic acids is 1. The monoisotopic (exact) mass is 188 g/mol. The van der Waals surface area contributed by atoms with Crippen molar-refractivity contribution in [3.63, 3.8) is 0 Å². The molecule has 1 atom stereocenters. The Morgan fingerprint density at radius 2 is 2.08 bits per heavy atom. The molecular weight excluding hydrogens is 172 g/mol. The number of rotatable bonds is 5. The van der Waals surface area contributed by atoms with Crippen molar-refractivity contribution in [3.8, 4) is 0 Å². The quantitative estimate of drug-likeness (QED) is 0.551. The van der Waals surface area contributed by atoms with Gasteiger partial charge in [0.15, 0.2) is 0 Å². The third-order valence-electron chi connectivity index (χ3n) is 1.53. The molecule has 0 fully saturated rings. The van der Waals surface area contributed by atoms with Crippen LogP contribution in [0.1, 0.15) is 26.7 Å². The summed E-state index contributed by atoms with van der Waals surface area (Å²) in [5, 5.41) is 13.3. The Morgan fingerprint density at radius 1 is 1.46 bits per heavy atom. The molecule has 0 heterocycles. The molecule has 0 aliphatic heterocycles. The van der Waals surface area contributed by atoms with Crippen molar-refractivity contribution in [3.05, 3.63) is 0 Å². The van der Waals surface area contributed by atoms with Crippen molar-refractivity contribution in [1.29, 1.82) is 0 Å². The van der Waals surface area contributed by atoms with Crippen LogP contribution in [0.2, 0.25) is 0 Å². The average Bonchev–Trinajstić information content (AvgIpc) is 2.04. The molecule has 0 saturated carbocycles. The molecular formula is C8H16N2O3. The lowest BCUT2D eigenvalue weighted by Gasteiger charge is -2.09. The Labute approximate surface area is 77.5 Å². The van der Waals surface area contributed by atoms with Crippen molar-refractivity contribution >= 4 is 12.0 Å². The van der Waals surface area contributed by atoms with Crippen molar-refractivity contribution in [2.45, 2.75) is 32.7 Å². The first-order valence-electron chi connectivity index (χ1n) is 4.35. The summed E-state index contributed by atoms with van der Waals surface area (Å²) in [7, 11) is 0. The van der Waals surface area contributed by atoms with Crippen LogP contribution in [-0.2, 0) is 4.79 Å². The van der Waals surface area contributed by atoms with Gasteiger partial charge in [0.25, 0.3) is 0 Å². The maximum Gasteiger partial charge on any atom is 0.325 e. The fourth-order valence-corrected chi connectivity index (χ4v) is 0.688. The summed E-state index contributed by atoms with van der Waals surface area (Å²) in [5.74, 6) is -1.04. The maximum absolute atomic E-state index is 10.9. The summed E-state index contributed by atoms with van der Waals surface area (Å²) in [6, 6.07) is -1.27. The molecule has 1 unspecified atom stereocenters. The van der Waals surface area contributed by atoms with Crippen molar-refractivity contribution in [2.24, 2.45) is 0 Å². The minimum Gasteiger partial charge on any atom is -0.480 e. The van der Waals surface area contributed by atoms with Gasteiger partial charge < -0.3 is 15.7 Å². The number of amides is 2. The number of carbonyl (C=O) groups excluding carboxylic acids is 1. The van der Waals surface area contributed by atoms with Crippen LogP contribution in [-0.4, -0.2) is 29.7 Å². The van der Waals surface area contributed by atoms with Crippen molar-refractivity contribution < 1.29 is 14.7 Å². The smallest absolute Gasteiger partial charge is 0.325 e. The van der Waals surface area contributed by atoms with Gasteiger partial charge >= 0.3 is 12.0 Å². The van der Waals surface area contributed by atoms with E-state index in [0.717, 1.165) is 12.8 Å². The Bertz CT molecular complexity index is 182. The highest BCUT2D eigenvalue weighted by atomic mass is 16.4. The van der Waals surface area contributed by atoms with E-state index in [1.165, 1.54) is 6.92 Å². The van der Waals surface area contributed by atoms with Crippen LogP contribution in [0, 0.1) is 0 Å². The van der Waals surface area contributed by atoms with Crippen LogP contribution in [0.15, 0.2) is 0 Å². The molecule has 76 valence electrons. The van der Waals surface area contributed by atoms with Crippen LogP contribution in [0.25, 0.3) is 0 Å². The van der Waals surface area contributed by atoms with E-state index < -0.39 is 18.0 Å². The standard InChI is InChI=1S/C8H16N2O3/c1-3-4-5-9-8(13)10-6(2)7(11)12/h6H,3-5H2,1-2H3,(H,11,12)(H2,9,10,13). The Morgan fingerprint density at radius 3 is 2.54 bits per heavy atom. The van der Waals surface area contributed by atoms with Crippen molar-refractivity contribution in [2.75, 3.05) is 6.54 Å². The normalized spacial score (nSPS) is 11.8. The minimum atomic E-state index is -1.04. The second kappa shape index (κ2) is 6.28. The van der Waals surface area contributed by atoms with E-state index in [9.17, 15) is 9.59 Å². The Kier molecular flexibility index (Phi) is 5.67. The van der Waals surface area contributed by atoms with Gasteiger partial charge in [0.05, 0.1) is 0 Å². The van der Waals surface area contributed by atoms with Gasteiger partial charge in [-0.05, 0) is 13.3 Å². The highest BCUT2D eigenvalue weighted by molar-refractivity contribution is 5.82. The molecule has 0 rings (SSSR count). The summed E-state index contributed by atoms with van der Waals surface area (Å²) in [4.78, 5) is 21.3. The van der Waals surface area contributed by atoms with E-state index in [2.05, 4.69) is 10.6 Å². The first-order chi connectivity index (χ1) is 6.07. The van der Waals surface area contributed by atoms with Gasteiger partial charge in [-0.2, -0.15) is 0 Å². The van der Waals surface area contributed by atoms with Gasteiger partial charge in [-0.1, -0.05) is 13.3 Å². The van der Waals surface area contributed by atoms with E-state index in [4.69, 9.17) is 5.11 Å². The molecule has 0 aliphatic rings. The predicted molar refractivity (Wildman–Crippen MR) is 48.5 cm³/mol. The van der Waals surface area contributed by atoms with Crippen LogP contribution in [0.4, 0.5) is 4.79 Å². The van der Waals surface area contributed by atoms with E-state index in [1.54, 1.807) is 0 Å². The van der Waals surface area contributed by atoms with E-state index in [-0.39, 0.29) is 0 Å². The topological polar surface area (TPSA) is 78.4 Å². The lowest BCUT2D eigenvalue weighted by atomic mass is 10.3. The summed E-state index contributed by atoms with van der Waals surface area (Å²) in [5.41, 5.74) is 0. The molecule has 0 saturated heterocycles. The zero-order chi connectivity index (χ0) is 10.3. The van der Waals surface area contributed by atoms with Crippen molar-refractivity contribution in [1.82, 2.24) is 10.6 Å². The molecule has 0 aromatic carbocycles. The number of urea groups is 1. The Balaban J connectivity index is 3.56. The molecule has 0 aliphatic carbocycles. The van der Waals surface area contributed by atoms with Gasteiger partial charge in [-0.3, -0.25) is 4.79 Å². The number of hydrogen-bond acceptors (Lipinski definition) is 2. The molecule has 2 amide bonds. The number of carboxylic acid groups (broad SMARTS) is 1. The molecule has 0 spiro atoms. The number of carbonyl (C=O) groups is 2. The fourth-order valence-electron chi connectivity index (χ4n) is 0.688. The van der Waals surface area contributed by atoms with Gasteiger partial charge in [0, 0.05) is 6.54 Å². The fraction of sp³-hybridized carbons (Fsp3) is 0.750. The van der Waals surface area contributed by atoms with Crippen LogP contribution in [0.3, 0.4) is 0 Å². The maximum atomic E-state index is 10.9. The van der Waals surface area contributed by atoms with E-state index in [1.807, 2.05) is 6.92 Å². The Hall–Kier alpha value is -1.26. The lowest BCUT2D eigenvalue weighted by Crippen LogP contribution is -2.44. The van der Waals surface area contributed by atoms with Gasteiger partial charge in [0.2, 0.25) is 0 Å². The second-order valence-corrected chi connectivity index (χ2v) is 2.81. The van der Waals surface area contributed by atoms with Gasteiger partial charge in [0.1, 0.15) is 6.04 Å². The molecule has 3 N–H and O–H groups in total. The summed E-state index contributed by atoms with van der Waals surface area (Å²) < 4.78 is 0. The number of carboxylic acids is 1. The molecule has 5 heteroatoms. The zero-order valence-corrected chi connectivity index (χ0v) is 7.96. The van der Waals surface area contributed by atoms with E-state index in [0.29, 0.717) is 6.54 Å². The largest absolute Gasteiger partial charge is 0.480 e. The number of hydrogen-bond donors (Lipinski definition) is 3. The molecule has 0 aromatic heterocycles. The first kappa shape index (κ1) is 11.7. The highest BCUT2D eigenvalue weighted by Gasteiger charge is 2.12. The molecule has 5 nitrogen and oxygen atoms in total. The first-order valence-corrected chi connectivity index (χ1v) is 4.35. The molecule has 13 heavy (non-hydrogen) atoms. The van der Waals surface area contributed by atoms with Crippen LogP contribution < -0.4 is 10.6 Å². The van der Waals surface area contributed by atoms with Crippen LogP contribution >= 0.6 is 0 Å². The highest BCUT2D eigenvalue weighted by Crippen LogP contribution is 1.84. The third kappa shape index (κ3) is 5.95. The molecule has 0 radical (unpaired) electrons. The number of unbranched alkanes of at least 4 members (excludes halogenated alkanes) is 1. The minimum absolute atomic E-state index is 0.427. The SMILES string of the molecule is CCCCNC(=O)NC(C)C(=O)O. The van der Waals surface area contributed by atoms with Gasteiger partial charge in [-0.15, -0.1) is 0 Å². The summed E-state index contributed by atoms with van der Waals surface area (Å²) >= 11 is 0. The molecule has 0 aromatic rings. The third-order valence-corrected chi connectivity index (χ3v) is 1.53.